The third-order valence-electron chi connectivity index (χ3n) is 6.27. The van der Waals surface area contributed by atoms with E-state index in [9.17, 15) is 4.79 Å². The zero-order valence-corrected chi connectivity index (χ0v) is 16.8. The fraction of sp³-hybridized carbons (Fsp3) is 0.409. The van der Waals surface area contributed by atoms with E-state index < -0.39 is 0 Å². The van der Waals surface area contributed by atoms with Gasteiger partial charge in [-0.15, -0.1) is 5.10 Å². The highest BCUT2D eigenvalue weighted by molar-refractivity contribution is 5.79. The van der Waals surface area contributed by atoms with Gasteiger partial charge in [-0.3, -0.25) is 24.3 Å². The molecule has 8 heteroatoms. The fourth-order valence-electron chi connectivity index (χ4n) is 4.68. The minimum atomic E-state index is 0.0616. The lowest BCUT2D eigenvalue weighted by atomic mass is 9.75. The number of nitrogens with zero attached hydrogens (tertiary/aromatic N) is 6. The first kappa shape index (κ1) is 18.9. The van der Waals surface area contributed by atoms with Crippen molar-refractivity contribution in [3.8, 4) is 11.4 Å². The molecule has 3 aromatic heterocycles. The molecular formula is C22H25N7O. The first-order valence-corrected chi connectivity index (χ1v) is 10.5. The quantitative estimate of drug-likeness (QED) is 0.675. The average Bonchev–Trinajstić information content (AvgIpc) is 3.28. The number of aromatic nitrogens is 5. The van der Waals surface area contributed by atoms with E-state index in [4.69, 9.17) is 0 Å². The molecule has 6 rings (SSSR count). The number of hydrogen-bond donors (Lipinski definition) is 1. The van der Waals surface area contributed by atoms with E-state index in [1.54, 1.807) is 18.6 Å². The van der Waals surface area contributed by atoms with Gasteiger partial charge in [0, 0.05) is 37.7 Å². The van der Waals surface area contributed by atoms with E-state index >= 15 is 0 Å². The van der Waals surface area contributed by atoms with Gasteiger partial charge in [-0.05, 0) is 49.1 Å². The second-order valence-corrected chi connectivity index (χ2v) is 8.16. The molecule has 3 saturated heterocycles. The highest BCUT2D eigenvalue weighted by Gasteiger charge is 2.43. The Morgan fingerprint density at radius 2 is 2.13 bits per heavy atom. The number of pyridine rings is 2. The molecule has 3 aromatic rings. The van der Waals surface area contributed by atoms with Crippen LogP contribution in [0.5, 0.6) is 0 Å². The molecule has 6 heterocycles. The minimum absolute atomic E-state index is 0.0616. The van der Waals surface area contributed by atoms with Crippen molar-refractivity contribution in [1.82, 2.24) is 35.2 Å². The molecule has 2 unspecified atom stereocenters. The van der Waals surface area contributed by atoms with Crippen LogP contribution in [0.3, 0.4) is 0 Å². The van der Waals surface area contributed by atoms with Gasteiger partial charge in [0.25, 0.3) is 0 Å². The molecule has 0 aliphatic carbocycles. The van der Waals surface area contributed by atoms with Crippen LogP contribution in [0.15, 0.2) is 55.1 Å². The van der Waals surface area contributed by atoms with Crippen LogP contribution < -0.4 is 5.32 Å². The average molecular weight is 403 g/mol. The Labute approximate surface area is 175 Å². The van der Waals surface area contributed by atoms with Gasteiger partial charge in [0.05, 0.1) is 24.4 Å². The van der Waals surface area contributed by atoms with E-state index in [2.05, 4.69) is 30.5 Å². The van der Waals surface area contributed by atoms with Gasteiger partial charge in [0.1, 0.15) is 5.69 Å². The van der Waals surface area contributed by atoms with Crippen LogP contribution in [-0.4, -0.2) is 54.9 Å². The summed E-state index contributed by atoms with van der Waals surface area (Å²) in [4.78, 5) is 23.7. The van der Waals surface area contributed by atoms with Crippen molar-refractivity contribution in [2.45, 2.75) is 32.0 Å². The number of nitrogens with one attached hydrogen (secondary N) is 1. The molecule has 0 saturated carbocycles. The van der Waals surface area contributed by atoms with Crippen LogP contribution in [0, 0.1) is 11.8 Å². The monoisotopic (exact) mass is 403 g/mol. The minimum Gasteiger partial charge on any atom is -0.352 e. The van der Waals surface area contributed by atoms with E-state index in [0.29, 0.717) is 18.5 Å². The summed E-state index contributed by atoms with van der Waals surface area (Å²) >= 11 is 0. The largest absolute Gasteiger partial charge is 0.352 e. The number of piperidine rings is 3. The highest BCUT2D eigenvalue weighted by atomic mass is 16.1. The first-order valence-electron chi connectivity index (χ1n) is 10.5. The zero-order chi connectivity index (χ0) is 20.3. The number of carbonyl (C=O) groups excluding carboxylic acids is 1. The second kappa shape index (κ2) is 8.31. The van der Waals surface area contributed by atoms with Crippen molar-refractivity contribution in [3.63, 3.8) is 0 Å². The fourth-order valence-corrected chi connectivity index (χ4v) is 4.68. The van der Waals surface area contributed by atoms with Gasteiger partial charge in [0.2, 0.25) is 5.91 Å². The van der Waals surface area contributed by atoms with Crippen molar-refractivity contribution in [2.24, 2.45) is 11.8 Å². The Bertz CT molecular complexity index is 991. The molecule has 0 spiro atoms. The Morgan fingerprint density at radius 1 is 1.17 bits per heavy atom. The Balaban J connectivity index is 1.19. The molecule has 0 radical (unpaired) electrons. The van der Waals surface area contributed by atoms with Crippen LogP contribution in [-0.2, 0) is 17.9 Å². The summed E-state index contributed by atoms with van der Waals surface area (Å²) in [5.41, 5.74) is 2.65. The molecule has 2 bridgehead atoms. The Morgan fingerprint density at radius 3 is 2.90 bits per heavy atom. The van der Waals surface area contributed by atoms with Crippen LogP contribution >= 0.6 is 0 Å². The summed E-state index contributed by atoms with van der Waals surface area (Å²) in [5.74, 6) is 0.643. The Kier molecular flexibility index (Phi) is 5.23. The number of hydrogen-bond acceptors (Lipinski definition) is 6. The lowest BCUT2D eigenvalue weighted by Crippen LogP contribution is -2.58. The molecule has 154 valence electrons. The van der Waals surface area contributed by atoms with Crippen LogP contribution in [0.2, 0.25) is 0 Å². The summed E-state index contributed by atoms with van der Waals surface area (Å²) in [6.07, 6.45) is 9.36. The Hall–Kier alpha value is -3.13. The topological polar surface area (TPSA) is 88.8 Å². The number of amides is 1. The SMILES string of the molecule is O=C(NCc1cccnc1)[C@H]1CN2CCC1C[C@@H]2Cn1cc(-c2ccccn2)nn1. The molecule has 1 N–H and O–H groups in total. The summed E-state index contributed by atoms with van der Waals surface area (Å²) in [6.45, 7) is 3.19. The van der Waals surface area contributed by atoms with Crippen LogP contribution in [0.4, 0.5) is 0 Å². The summed E-state index contributed by atoms with van der Waals surface area (Å²) in [5, 5.41) is 11.7. The van der Waals surface area contributed by atoms with Gasteiger partial charge in [-0.1, -0.05) is 17.3 Å². The smallest absolute Gasteiger partial charge is 0.224 e. The van der Waals surface area contributed by atoms with Crippen molar-refractivity contribution in [2.75, 3.05) is 13.1 Å². The van der Waals surface area contributed by atoms with E-state index in [-0.39, 0.29) is 11.8 Å². The summed E-state index contributed by atoms with van der Waals surface area (Å²) in [6, 6.07) is 10.1. The van der Waals surface area contributed by atoms with E-state index in [0.717, 1.165) is 49.4 Å². The van der Waals surface area contributed by atoms with Crippen LogP contribution in [0.25, 0.3) is 11.4 Å². The maximum atomic E-state index is 12.8. The lowest BCUT2D eigenvalue weighted by Gasteiger charge is -2.49. The molecule has 3 aliphatic heterocycles. The van der Waals surface area contributed by atoms with E-state index in [1.165, 1.54) is 0 Å². The van der Waals surface area contributed by atoms with Gasteiger partial charge in [0.15, 0.2) is 0 Å². The molecule has 0 aromatic carbocycles. The standard InChI is InChI=1S/C22H25N7O/c30-22(25-12-16-4-3-7-23-11-16)19-14-28-9-6-17(19)10-18(28)13-29-15-21(26-27-29)20-5-1-2-8-24-20/h1-5,7-8,11,15,17-19H,6,9-10,12-14H2,(H,25,30)/t17?,18-,19+/m1/s1. The van der Waals surface area contributed by atoms with Crippen molar-refractivity contribution in [3.05, 3.63) is 60.7 Å². The van der Waals surface area contributed by atoms with Gasteiger partial charge >= 0.3 is 0 Å². The summed E-state index contributed by atoms with van der Waals surface area (Å²) < 4.78 is 1.91. The molecule has 30 heavy (non-hydrogen) atoms. The normalized spacial score (nSPS) is 25.2. The third kappa shape index (κ3) is 3.95. The zero-order valence-electron chi connectivity index (χ0n) is 16.8. The van der Waals surface area contributed by atoms with E-state index in [1.807, 2.05) is 41.2 Å². The maximum absolute atomic E-state index is 12.8. The third-order valence-corrected chi connectivity index (χ3v) is 6.27. The van der Waals surface area contributed by atoms with Gasteiger partial charge in [-0.2, -0.15) is 0 Å². The summed E-state index contributed by atoms with van der Waals surface area (Å²) in [7, 11) is 0. The highest BCUT2D eigenvalue weighted by Crippen LogP contribution is 2.37. The van der Waals surface area contributed by atoms with Crippen molar-refractivity contribution >= 4 is 5.91 Å². The predicted octanol–water partition coefficient (Wildman–Crippen LogP) is 1.76. The van der Waals surface area contributed by atoms with Gasteiger partial charge < -0.3 is 5.32 Å². The van der Waals surface area contributed by atoms with Crippen molar-refractivity contribution < 1.29 is 4.79 Å². The molecule has 4 atom stereocenters. The lowest BCUT2D eigenvalue weighted by molar-refractivity contribution is -0.133. The first-order chi connectivity index (χ1) is 14.8. The molecule has 3 fully saturated rings. The van der Waals surface area contributed by atoms with Crippen molar-refractivity contribution in [1.29, 1.82) is 0 Å². The molecule has 1 amide bonds. The number of carbonyl (C=O) groups is 1. The molecule has 3 aliphatic rings. The van der Waals surface area contributed by atoms with Crippen LogP contribution in [0.1, 0.15) is 18.4 Å². The predicted molar refractivity (Wildman–Crippen MR) is 111 cm³/mol. The number of fused-ring (bicyclic) bond motifs is 3. The second-order valence-electron chi connectivity index (χ2n) is 8.16. The molecular weight excluding hydrogens is 378 g/mol. The molecule has 8 nitrogen and oxygen atoms in total. The van der Waals surface area contributed by atoms with Gasteiger partial charge in [-0.25, -0.2) is 0 Å². The number of rotatable bonds is 6. The maximum Gasteiger partial charge on any atom is 0.224 e.